The van der Waals surface area contributed by atoms with Crippen molar-refractivity contribution in [2.45, 2.75) is 65.3 Å². The third-order valence-corrected chi connectivity index (χ3v) is 6.43. The van der Waals surface area contributed by atoms with Crippen LogP contribution in [0.3, 0.4) is 0 Å². The molecule has 0 radical (unpaired) electrons. The smallest absolute Gasteiger partial charge is 0.323 e. The van der Waals surface area contributed by atoms with E-state index in [-0.39, 0.29) is 6.10 Å². The predicted octanol–water partition coefficient (Wildman–Crippen LogP) is 4.38. The number of ether oxygens (including phenoxy) is 1. The molecule has 23 heavy (non-hydrogen) atoms. The first-order chi connectivity index (χ1) is 10.6. The summed E-state index contributed by atoms with van der Waals surface area (Å²) < 4.78 is 24.4. The lowest BCUT2D eigenvalue weighted by atomic mass is 10.3. The van der Waals surface area contributed by atoms with Gasteiger partial charge in [-0.3, -0.25) is 9.36 Å². The van der Waals surface area contributed by atoms with Gasteiger partial charge in [-0.1, -0.05) is 25.1 Å². The highest BCUT2D eigenvalue weighted by Crippen LogP contribution is 2.55. The molecule has 0 bridgehead atoms. The molecular formula is C17H28NO4P. The SMILES string of the molecule is CCC(C)OC(=O)[C@H](C)NP(=O)(Oc1ccccc1)C(C)(C)C. The average molecular weight is 341 g/mol. The van der Waals surface area contributed by atoms with Crippen molar-refractivity contribution in [1.82, 2.24) is 5.09 Å². The minimum Gasteiger partial charge on any atom is -0.462 e. The lowest BCUT2D eigenvalue weighted by molar-refractivity contribution is -0.149. The maximum Gasteiger partial charge on any atom is 0.323 e. The molecule has 0 aliphatic heterocycles. The zero-order valence-corrected chi connectivity index (χ0v) is 15.7. The summed E-state index contributed by atoms with van der Waals surface area (Å²) in [5.41, 5.74) is 0. The Morgan fingerprint density at radius 2 is 1.78 bits per heavy atom. The van der Waals surface area contributed by atoms with Crippen LogP contribution >= 0.6 is 7.52 Å². The fourth-order valence-corrected chi connectivity index (χ4v) is 3.43. The highest BCUT2D eigenvalue weighted by atomic mass is 31.2. The van der Waals surface area contributed by atoms with Gasteiger partial charge >= 0.3 is 13.5 Å². The first-order valence-corrected chi connectivity index (χ1v) is 9.54. The summed E-state index contributed by atoms with van der Waals surface area (Å²) in [7, 11) is -3.34. The molecule has 0 saturated heterocycles. The lowest BCUT2D eigenvalue weighted by Crippen LogP contribution is -2.40. The summed E-state index contributed by atoms with van der Waals surface area (Å²) in [6, 6.07) is 8.22. The van der Waals surface area contributed by atoms with Crippen molar-refractivity contribution in [1.29, 1.82) is 0 Å². The maximum atomic E-state index is 13.3. The standard InChI is InChI=1S/C17H28NO4P/c1-7-13(2)21-16(19)14(3)18-23(20,17(4,5)6)22-15-11-9-8-10-12-15/h8-14H,7H2,1-6H3,(H,18,20)/t13?,14-,23?/m0/s1. The highest BCUT2D eigenvalue weighted by Gasteiger charge is 2.42. The number of rotatable bonds is 7. The minimum atomic E-state index is -3.34. The van der Waals surface area contributed by atoms with Crippen LogP contribution in [0.1, 0.15) is 48.0 Å². The molecule has 1 rings (SSSR count). The highest BCUT2D eigenvalue weighted by molar-refractivity contribution is 7.59. The van der Waals surface area contributed by atoms with Crippen LogP contribution in [0.4, 0.5) is 0 Å². The Morgan fingerprint density at radius 3 is 2.26 bits per heavy atom. The molecule has 130 valence electrons. The van der Waals surface area contributed by atoms with E-state index in [2.05, 4.69) is 5.09 Å². The van der Waals surface area contributed by atoms with Crippen molar-refractivity contribution in [3.05, 3.63) is 30.3 Å². The fourth-order valence-electron chi connectivity index (χ4n) is 1.68. The van der Waals surface area contributed by atoms with Crippen LogP contribution in [0.2, 0.25) is 0 Å². The van der Waals surface area contributed by atoms with E-state index in [9.17, 15) is 9.36 Å². The third-order valence-electron chi connectivity index (χ3n) is 3.47. The molecule has 1 N–H and O–H groups in total. The van der Waals surface area contributed by atoms with Gasteiger partial charge in [-0.25, -0.2) is 5.09 Å². The fraction of sp³-hybridized carbons (Fsp3) is 0.588. The van der Waals surface area contributed by atoms with Crippen molar-refractivity contribution in [2.24, 2.45) is 0 Å². The lowest BCUT2D eigenvalue weighted by Gasteiger charge is -2.33. The second-order valence-electron chi connectivity index (χ2n) is 6.63. The van der Waals surface area contributed by atoms with Gasteiger partial charge in [0.1, 0.15) is 11.8 Å². The summed E-state index contributed by atoms with van der Waals surface area (Å²) in [5.74, 6) is 0.0706. The minimum absolute atomic E-state index is 0.171. The molecule has 2 unspecified atom stereocenters. The van der Waals surface area contributed by atoms with E-state index in [0.717, 1.165) is 6.42 Å². The molecule has 0 fully saturated rings. The third kappa shape index (κ3) is 5.67. The Kier molecular flexibility index (Phi) is 6.84. The van der Waals surface area contributed by atoms with Crippen LogP contribution in [0.25, 0.3) is 0 Å². The van der Waals surface area contributed by atoms with Gasteiger partial charge in [0.15, 0.2) is 0 Å². The van der Waals surface area contributed by atoms with Gasteiger partial charge in [-0.2, -0.15) is 0 Å². The second kappa shape index (κ2) is 7.98. The van der Waals surface area contributed by atoms with E-state index in [1.165, 1.54) is 0 Å². The molecule has 1 aromatic carbocycles. The number of para-hydroxylation sites is 1. The summed E-state index contributed by atoms with van der Waals surface area (Å²) in [5, 5.41) is 2.20. The van der Waals surface area contributed by atoms with Crippen LogP contribution < -0.4 is 9.61 Å². The zero-order valence-electron chi connectivity index (χ0n) is 14.8. The van der Waals surface area contributed by atoms with Gasteiger partial charge in [0, 0.05) is 0 Å². The van der Waals surface area contributed by atoms with Gasteiger partial charge in [-0.05, 0) is 53.2 Å². The van der Waals surface area contributed by atoms with Crippen molar-refractivity contribution < 1.29 is 18.6 Å². The van der Waals surface area contributed by atoms with Crippen LogP contribution in [0.5, 0.6) is 5.75 Å². The molecule has 0 aromatic heterocycles. The number of hydrogen-bond donors (Lipinski definition) is 1. The molecule has 1 aromatic rings. The summed E-state index contributed by atoms with van der Waals surface area (Å²) in [6.45, 7) is 10.9. The maximum absolute atomic E-state index is 13.3. The van der Waals surface area contributed by atoms with E-state index >= 15 is 0 Å². The van der Waals surface area contributed by atoms with Crippen LogP contribution in [-0.2, 0) is 14.1 Å². The molecule has 0 heterocycles. The van der Waals surface area contributed by atoms with Gasteiger partial charge in [0.2, 0.25) is 0 Å². The zero-order chi connectivity index (χ0) is 17.7. The summed E-state index contributed by atoms with van der Waals surface area (Å²) in [6.07, 6.45) is 0.562. The van der Waals surface area contributed by atoms with E-state index in [1.807, 2.05) is 52.8 Å². The molecule has 3 atom stereocenters. The number of hydrogen-bond acceptors (Lipinski definition) is 4. The number of carbonyl (C=O) groups excluding carboxylic acids is 1. The summed E-state index contributed by atoms with van der Waals surface area (Å²) in [4.78, 5) is 12.1. The van der Waals surface area contributed by atoms with Crippen LogP contribution in [-0.4, -0.2) is 23.3 Å². The molecule has 0 aliphatic rings. The average Bonchev–Trinajstić information content (AvgIpc) is 2.46. The normalized spacial score (nSPS) is 17.0. The van der Waals surface area contributed by atoms with Gasteiger partial charge in [-0.15, -0.1) is 0 Å². The van der Waals surface area contributed by atoms with Crippen LogP contribution in [0, 0.1) is 0 Å². The number of benzene rings is 1. The first kappa shape index (κ1) is 19.7. The van der Waals surface area contributed by atoms with E-state index in [4.69, 9.17) is 9.26 Å². The Bertz CT molecular complexity index is 553. The number of nitrogens with one attached hydrogen (secondary N) is 1. The molecule has 0 saturated carbocycles. The molecule has 6 heteroatoms. The molecule has 5 nitrogen and oxygen atoms in total. The monoisotopic (exact) mass is 341 g/mol. The quantitative estimate of drug-likeness (QED) is 0.589. The molecule has 0 spiro atoms. The Hall–Kier alpha value is -1.32. The van der Waals surface area contributed by atoms with E-state index in [0.29, 0.717) is 5.75 Å². The van der Waals surface area contributed by atoms with Gasteiger partial charge in [0.25, 0.3) is 0 Å². The predicted molar refractivity (Wildman–Crippen MR) is 92.9 cm³/mol. The van der Waals surface area contributed by atoms with Crippen molar-refractivity contribution in [2.75, 3.05) is 0 Å². The van der Waals surface area contributed by atoms with Crippen molar-refractivity contribution in [3.63, 3.8) is 0 Å². The van der Waals surface area contributed by atoms with Crippen molar-refractivity contribution in [3.8, 4) is 5.75 Å². The Balaban J connectivity index is 2.91. The molecule has 0 aliphatic carbocycles. The van der Waals surface area contributed by atoms with Gasteiger partial charge in [0.05, 0.1) is 11.3 Å². The van der Waals surface area contributed by atoms with E-state index in [1.54, 1.807) is 19.1 Å². The van der Waals surface area contributed by atoms with E-state index < -0.39 is 24.7 Å². The Labute approximate surface area is 139 Å². The van der Waals surface area contributed by atoms with Crippen molar-refractivity contribution >= 4 is 13.5 Å². The molecule has 0 amide bonds. The van der Waals surface area contributed by atoms with Crippen LogP contribution in [0.15, 0.2) is 30.3 Å². The first-order valence-electron chi connectivity index (χ1n) is 7.92. The number of esters is 1. The molecular weight excluding hydrogens is 313 g/mol. The largest absolute Gasteiger partial charge is 0.462 e. The summed E-state index contributed by atoms with van der Waals surface area (Å²) >= 11 is 0. The van der Waals surface area contributed by atoms with Gasteiger partial charge < -0.3 is 9.26 Å². The Morgan fingerprint density at radius 1 is 1.22 bits per heavy atom. The second-order valence-corrected chi connectivity index (χ2v) is 9.52. The topological polar surface area (TPSA) is 64.6 Å². The number of carbonyl (C=O) groups is 1.